The first-order valence-electron chi connectivity index (χ1n) is 5.05. The van der Waals surface area contributed by atoms with Crippen LogP contribution in [0.1, 0.15) is 19.8 Å². The number of ether oxygens (including phenoxy) is 2. The van der Waals surface area contributed by atoms with Crippen LogP contribution in [0.25, 0.3) is 0 Å². The third-order valence-corrected chi connectivity index (χ3v) is 2.51. The summed E-state index contributed by atoms with van der Waals surface area (Å²) >= 11 is 0. The maximum absolute atomic E-state index is 5.75. The van der Waals surface area contributed by atoms with Crippen LogP contribution in [0.2, 0.25) is 0 Å². The van der Waals surface area contributed by atoms with E-state index in [2.05, 4.69) is 12.2 Å². The topological polar surface area (TPSA) is 30.5 Å². The van der Waals surface area contributed by atoms with Crippen LogP contribution in [-0.4, -0.2) is 39.5 Å². The first kappa shape index (κ1) is 11.0. The van der Waals surface area contributed by atoms with Crippen molar-refractivity contribution in [2.45, 2.75) is 32.0 Å². The minimum absolute atomic E-state index is 0.241. The quantitative estimate of drug-likeness (QED) is 0.674. The van der Waals surface area contributed by atoms with Crippen LogP contribution < -0.4 is 5.32 Å². The first-order valence-corrected chi connectivity index (χ1v) is 5.05. The molecule has 0 spiro atoms. The number of rotatable bonds is 6. The molecule has 0 radical (unpaired) electrons. The lowest BCUT2D eigenvalue weighted by atomic mass is 9.82. The molecule has 0 aliphatic heterocycles. The zero-order chi connectivity index (χ0) is 9.68. The average Bonchev–Trinajstić information content (AvgIpc) is 2.01. The predicted molar refractivity (Wildman–Crippen MR) is 52.9 cm³/mol. The fraction of sp³-hybridized carbons (Fsp3) is 1.00. The third-order valence-electron chi connectivity index (χ3n) is 2.51. The highest BCUT2D eigenvalue weighted by atomic mass is 16.5. The van der Waals surface area contributed by atoms with Crippen molar-refractivity contribution in [1.82, 2.24) is 5.32 Å². The van der Waals surface area contributed by atoms with Gasteiger partial charge in [0.15, 0.2) is 0 Å². The van der Waals surface area contributed by atoms with Crippen molar-refractivity contribution in [2.24, 2.45) is 5.92 Å². The normalized spacial score (nSPS) is 29.8. The summed E-state index contributed by atoms with van der Waals surface area (Å²) in [5, 5.41) is 3.19. The summed E-state index contributed by atoms with van der Waals surface area (Å²) in [5.41, 5.74) is 0. The van der Waals surface area contributed by atoms with Gasteiger partial charge in [0, 0.05) is 7.11 Å². The molecular weight excluding hydrogens is 166 g/mol. The van der Waals surface area contributed by atoms with Crippen LogP contribution >= 0.6 is 0 Å². The predicted octanol–water partition coefficient (Wildman–Crippen LogP) is 1.04. The molecule has 13 heavy (non-hydrogen) atoms. The fourth-order valence-corrected chi connectivity index (χ4v) is 1.84. The Morgan fingerprint density at radius 3 is 2.69 bits per heavy atom. The molecule has 0 saturated heterocycles. The Hall–Kier alpha value is -0.120. The third kappa shape index (κ3) is 3.63. The van der Waals surface area contributed by atoms with Gasteiger partial charge in [0.1, 0.15) is 0 Å². The minimum atomic E-state index is 0.241. The van der Waals surface area contributed by atoms with Crippen molar-refractivity contribution >= 4 is 0 Å². The average molecular weight is 187 g/mol. The van der Waals surface area contributed by atoms with Crippen LogP contribution in [0.5, 0.6) is 0 Å². The molecule has 1 rings (SSSR count). The van der Waals surface area contributed by atoms with Crippen molar-refractivity contribution in [3.63, 3.8) is 0 Å². The summed E-state index contributed by atoms with van der Waals surface area (Å²) in [6, 6.07) is 0. The lowest BCUT2D eigenvalue weighted by Gasteiger charge is -2.36. The lowest BCUT2D eigenvalue weighted by molar-refractivity contribution is -0.0886. The van der Waals surface area contributed by atoms with Crippen molar-refractivity contribution in [1.29, 1.82) is 0 Å². The molecular formula is C10H21NO2. The molecule has 1 aliphatic carbocycles. The van der Waals surface area contributed by atoms with Gasteiger partial charge in [-0.25, -0.2) is 0 Å². The van der Waals surface area contributed by atoms with Gasteiger partial charge in [0.25, 0.3) is 0 Å². The van der Waals surface area contributed by atoms with Crippen LogP contribution in [0, 0.1) is 5.92 Å². The van der Waals surface area contributed by atoms with Gasteiger partial charge in [-0.15, -0.1) is 0 Å². The lowest BCUT2D eigenvalue weighted by Crippen LogP contribution is -2.39. The molecule has 1 fully saturated rings. The second kappa shape index (κ2) is 5.58. The van der Waals surface area contributed by atoms with Crippen LogP contribution in [0.15, 0.2) is 0 Å². The molecule has 1 aliphatic rings. The second-order valence-electron chi connectivity index (χ2n) is 3.92. The molecule has 1 atom stereocenters. The zero-order valence-corrected chi connectivity index (χ0v) is 8.88. The minimum Gasteiger partial charge on any atom is -0.382 e. The van der Waals surface area contributed by atoms with Gasteiger partial charge in [-0.2, -0.15) is 0 Å². The van der Waals surface area contributed by atoms with Crippen LogP contribution in [0.3, 0.4) is 0 Å². The van der Waals surface area contributed by atoms with E-state index in [0.29, 0.717) is 12.7 Å². The smallest absolute Gasteiger partial charge is 0.0784 e. The SMILES string of the molecule is CNCC1CC(OC(C)COC)C1. The van der Waals surface area contributed by atoms with E-state index in [0.717, 1.165) is 12.5 Å². The Labute approximate surface area is 80.8 Å². The summed E-state index contributed by atoms with van der Waals surface area (Å²) in [6.07, 6.45) is 3.12. The van der Waals surface area contributed by atoms with E-state index in [9.17, 15) is 0 Å². The molecule has 1 unspecified atom stereocenters. The molecule has 0 aromatic rings. The molecule has 3 heteroatoms. The molecule has 0 amide bonds. The van der Waals surface area contributed by atoms with E-state index in [4.69, 9.17) is 9.47 Å². The Balaban J connectivity index is 2.00. The van der Waals surface area contributed by atoms with E-state index in [-0.39, 0.29) is 6.10 Å². The van der Waals surface area contributed by atoms with Gasteiger partial charge < -0.3 is 14.8 Å². The van der Waals surface area contributed by atoms with E-state index >= 15 is 0 Å². The van der Waals surface area contributed by atoms with Crippen molar-refractivity contribution < 1.29 is 9.47 Å². The highest BCUT2D eigenvalue weighted by Crippen LogP contribution is 2.30. The Bertz CT molecular complexity index is 135. The number of hydrogen-bond acceptors (Lipinski definition) is 3. The number of methoxy groups -OCH3 is 1. The van der Waals surface area contributed by atoms with Gasteiger partial charge in [0.2, 0.25) is 0 Å². The summed E-state index contributed by atoms with van der Waals surface area (Å²) in [6.45, 7) is 3.89. The van der Waals surface area contributed by atoms with Crippen molar-refractivity contribution in [2.75, 3.05) is 27.3 Å². The maximum Gasteiger partial charge on any atom is 0.0784 e. The summed E-state index contributed by atoms with van der Waals surface area (Å²) in [5.74, 6) is 0.824. The number of hydrogen-bond donors (Lipinski definition) is 1. The van der Waals surface area contributed by atoms with Crippen LogP contribution in [-0.2, 0) is 9.47 Å². The molecule has 0 bridgehead atoms. The van der Waals surface area contributed by atoms with Gasteiger partial charge in [-0.3, -0.25) is 0 Å². The molecule has 0 aromatic carbocycles. The molecule has 0 aromatic heterocycles. The Kier molecular flexibility index (Phi) is 4.70. The molecule has 0 heterocycles. The summed E-state index contributed by atoms with van der Waals surface area (Å²) < 4.78 is 10.8. The van der Waals surface area contributed by atoms with Gasteiger partial charge >= 0.3 is 0 Å². The molecule has 1 saturated carbocycles. The largest absolute Gasteiger partial charge is 0.382 e. The van der Waals surface area contributed by atoms with Gasteiger partial charge in [-0.05, 0) is 39.3 Å². The van der Waals surface area contributed by atoms with E-state index in [1.54, 1.807) is 7.11 Å². The zero-order valence-electron chi connectivity index (χ0n) is 8.88. The highest BCUT2D eigenvalue weighted by molar-refractivity contribution is 4.81. The van der Waals surface area contributed by atoms with E-state index in [1.807, 2.05) is 7.05 Å². The Morgan fingerprint density at radius 1 is 1.46 bits per heavy atom. The first-order chi connectivity index (χ1) is 6.26. The molecule has 78 valence electrons. The Morgan fingerprint density at radius 2 is 2.15 bits per heavy atom. The van der Waals surface area contributed by atoms with Gasteiger partial charge in [0.05, 0.1) is 18.8 Å². The number of nitrogens with one attached hydrogen (secondary N) is 1. The second-order valence-corrected chi connectivity index (χ2v) is 3.92. The molecule has 1 N–H and O–H groups in total. The van der Waals surface area contributed by atoms with E-state index < -0.39 is 0 Å². The van der Waals surface area contributed by atoms with Gasteiger partial charge in [-0.1, -0.05) is 0 Å². The molecule has 3 nitrogen and oxygen atoms in total. The monoisotopic (exact) mass is 187 g/mol. The maximum atomic E-state index is 5.75. The van der Waals surface area contributed by atoms with Crippen molar-refractivity contribution in [3.05, 3.63) is 0 Å². The van der Waals surface area contributed by atoms with E-state index in [1.165, 1.54) is 12.8 Å². The van der Waals surface area contributed by atoms with Crippen LogP contribution in [0.4, 0.5) is 0 Å². The summed E-state index contributed by atoms with van der Waals surface area (Å²) in [7, 11) is 3.71. The highest BCUT2D eigenvalue weighted by Gasteiger charge is 2.30. The standard InChI is InChI=1S/C10H21NO2/c1-8(7-12-3)13-10-4-9(5-10)6-11-2/h8-11H,4-7H2,1-3H3. The van der Waals surface area contributed by atoms with Crippen molar-refractivity contribution in [3.8, 4) is 0 Å². The fourth-order valence-electron chi connectivity index (χ4n) is 1.84. The summed E-state index contributed by atoms with van der Waals surface area (Å²) in [4.78, 5) is 0.